The molecule has 138 valence electrons. The molecule has 1 aliphatic rings. The highest BCUT2D eigenvalue weighted by Gasteiger charge is 2.28. The molecule has 3 aromatic rings. The number of carbonyl (C=O) groups is 1. The van der Waals surface area contributed by atoms with Gasteiger partial charge < -0.3 is 5.32 Å². The van der Waals surface area contributed by atoms with Gasteiger partial charge in [-0.05, 0) is 71.8 Å². The van der Waals surface area contributed by atoms with E-state index in [9.17, 15) is 13.2 Å². The Hall–Kier alpha value is -3.07. The summed E-state index contributed by atoms with van der Waals surface area (Å²) >= 11 is 0. The van der Waals surface area contributed by atoms with Gasteiger partial charge in [0.1, 0.15) is 0 Å². The zero-order chi connectivity index (χ0) is 19.0. The third kappa shape index (κ3) is 3.72. The van der Waals surface area contributed by atoms with E-state index in [1.165, 1.54) is 24.3 Å². The number of aromatic nitrogens is 4. The summed E-state index contributed by atoms with van der Waals surface area (Å²) in [5.41, 5.74) is 1.88. The van der Waals surface area contributed by atoms with Gasteiger partial charge in [-0.25, -0.2) is 13.1 Å². The maximum atomic E-state index is 12.3. The molecule has 1 N–H and O–H groups in total. The molecule has 1 aromatic heterocycles. The number of hydrogen-bond acceptors (Lipinski definition) is 6. The largest absolute Gasteiger partial charge is 0.322 e. The highest BCUT2D eigenvalue weighted by atomic mass is 32.2. The van der Waals surface area contributed by atoms with Gasteiger partial charge in [0.25, 0.3) is 5.91 Å². The minimum absolute atomic E-state index is 0.178. The maximum absolute atomic E-state index is 12.3. The smallest absolute Gasteiger partial charge is 0.255 e. The molecule has 1 aliphatic carbocycles. The average molecular weight is 383 g/mol. The van der Waals surface area contributed by atoms with E-state index in [4.69, 9.17) is 0 Å². The van der Waals surface area contributed by atoms with Crippen LogP contribution in [0.3, 0.4) is 0 Å². The summed E-state index contributed by atoms with van der Waals surface area (Å²) in [7, 11) is -3.29. The van der Waals surface area contributed by atoms with E-state index >= 15 is 0 Å². The molecule has 2 aromatic carbocycles. The summed E-state index contributed by atoms with van der Waals surface area (Å²) in [4.78, 5) is 12.5. The fraction of sp³-hybridized carbons (Fsp3) is 0.222. The second-order valence-electron chi connectivity index (χ2n) is 6.51. The van der Waals surface area contributed by atoms with E-state index < -0.39 is 9.84 Å². The van der Waals surface area contributed by atoms with Crippen LogP contribution in [0.1, 0.15) is 29.2 Å². The van der Waals surface area contributed by atoms with E-state index in [-0.39, 0.29) is 10.8 Å². The Kier molecular flexibility index (Phi) is 4.23. The van der Waals surface area contributed by atoms with E-state index in [1.807, 2.05) is 16.8 Å². The van der Waals surface area contributed by atoms with Crippen molar-refractivity contribution in [2.75, 3.05) is 11.6 Å². The molecule has 9 heteroatoms. The lowest BCUT2D eigenvalue weighted by Gasteiger charge is -2.07. The van der Waals surface area contributed by atoms with E-state index in [2.05, 4.69) is 20.8 Å². The Morgan fingerprint density at radius 2 is 1.74 bits per heavy atom. The van der Waals surface area contributed by atoms with Crippen molar-refractivity contribution in [3.05, 3.63) is 54.1 Å². The molecule has 27 heavy (non-hydrogen) atoms. The normalized spacial score (nSPS) is 14.1. The Morgan fingerprint density at radius 3 is 2.33 bits per heavy atom. The van der Waals surface area contributed by atoms with Crippen molar-refractivity contribution in [3.8, 4) is 11.4 Å². The fourth-order valence-corrected chi connectivity index (χ4v) is 3.34. The van der Waals surface area contributed by atoms with Crippen LogP contribution in [0.15, 0.2) is 53.4 Å². The first-order chi connectivity index (χ1) is 12.9. The van der Waals surface area contributed by atoms with Crippen LogP contribution in [0, 0.1) is 0 Å². The van der Waals surface area contributed by atoms with Crippen molar-refractivity contribution in [1.29, 1.82) is 0 Å². The Labute approximate surface area is 156 Å². The standard InChI is InChI=1S/C18H17N5O3S/c1-27(25,26)16-10-4-13(5-11-16)18(24)19-14-6-2-12(3-7-14)17-20-21-22-23(17)15-8-9-15/h2-7,10-11,15H,8-9H2,1H3,(H,19,24). The number of nitrogens with zero attached hydrogens (tertiary/aromatic N) is 4. The maximum Gasteiger partial charge on any atom is 0.255 e. The van der Waals surface area contributed by atoms with Crippen LogP contribution in [-0.4, -0.2) is 40.8 Å². The second kappa shape index (κ2) is 6.58. The molecule has 1 fully saturated rings. The summed E-state index contributed by atoms with van der Waals surface area (Å²) in [6.45, 7) is 0. The summed E-state index contributed by atoms with van der Waals surface area (Å²) in [5, 5.41) is 14.6. The molecule has 0 atom stereocenters. The van der Waals surface area contributed by atoms with Gasteiger partial charge in [0.2, 0.25) is 0 Å². The number of amides is 1. The summed E-state index contributed by atoms with van der Waals surface area (Å²) in [6, 6.07) is 13.5. The average Bonchev–Trinajstić information content (AvgIpc) is 3.38. The topological polar surface area (TPSA) is 107 Å². The van der Waals surface area contributed by atoms with Gasteiger partial charge in [-0.3, -0.25) is 4.79 Å². The van der Waals surface area contributed by atoms with Crippen molar-refractivity contribution in [2.45, 2.75) is 23.8 Å². The minimum Gasteiger partial charge on any atom is -0.322 e. The van der Waals surface area contributed by atoms with Crippen molar-refractivity contribution in [2.24, 2.45) is 0 Å². The number of tetrazole rings is 1. The number of rotatable bonds is 5. The van der Waals surface area contributed by atoms with E-state index in [0.717, 1.165) is 24.7 Å². The first kappa shape index (κ1) is 17.3. The Bertz CT molecular complexity index is 1080. The van der Waals surface area contributed by atoms with Crippen LogP contribution in [-0.2, 0) is 9.84 Å². The molecular formula is C18H17N5O3S. The molecule has 8 nitrogen and oxygen atoms in total. The molecule has 1 saturated carbocycles. The van der Waals surface area contributed by atoms with Crippen molar-refractivity contribution >= 4 is 21.4 Å². The molecule has 0 saturated heterocycles. The molecule has 4 rings (SSSR count). The Balaban J connectivity index is 1.48. The molecular weight excluding hydrogens is 366 g/mol. The summed E-state index contributed by atoms with van der Waals surface area (Å²) in [6.07, 6.45) is 3.30. The predicted octanol–water partition coefficient (Wildman–Crippen LogP) is 2.33. The SMILES string of the molecule is CS(=O)(=O)c1ccc(C(=O)Nc2ccc(-c3nnnn3C3CC3)cc2)cc1. The molecule has 0 aliphatic heterocycles. The molecule has 0 spiro atoms. The lowest BCUT2D eigenvalue weighted by molar-refractivity contribution is 0.102. The molecule has 1 heterocycles. The van der Waals surface area contributed by atoms with Crippen LogP contribution in [0.5, 0.6) is 0 Å². The van der Waals surface area contributed by atoms with Crippen molar-refractivity contribution in [3.63, 3.8) is 0 Å². The van der Waals surface area contributed by atoms with Gasteiger partial charge >= 0.3 is 0 Å². The third-order valence-electron chi connectivity index (χ3n) is 4.33. The summed E-state index contributed by atoms with van der Waals surface area (Å²) < 4.78 is 24.8. The lowest BCUT2D eigenvalue weighted by Crippen LogP contribution is -2.12. The van der Waals surface area contributed by atoms with Gasteiger partial charge in [0.15, 0.2) is 15.7 Å². The van der Waals surface area contributed by atoms with Crippen LogP contribution in [0.4, 0.5) is 5.69 Å². The van der Waals surface area contributed by atoms with Gasteiger partial charge in [-0.2, -0.15) is 0 Å². The zero-order valence-corrected chi connectivity index (χ0v) is 15.3. The number of sulfone groups is 1. The van der Waals surface area contributed by atoms with Crippen LogP contribution in [0.25, 0.3) is 11.4 Å². The number of hydrogen-bond donors (Lipinski definition) is 1. The second-order valence-corrected chi connectivity index (χ2v) is 8.52. The van der Waals surface area contributed by atoms with Gasteiger partial charge in [-0.1, -0.05) is 0 Å². The van der Waals surface area contributed by atoms with E-state index in [0.29, 0.717) is 23.1 Å². The van der Waals surface area contributed by atoms with Crippen LogP contribution in [0.2, 0.25) is 0 Å². The summed E-state index contributed by atoms with van der Waals surface area (Å²) in [5.74, 6) is 0.400. The number of benzene rings is 2. The number of anilines is 1. The van der Waals surface area contributed by atoms with E-state index in [1.54, 1.807) is 12.1 Å². The monoisotopic (exact) mass is 383 g/mol. The zero-order valence-electron chi connectivity index (χ0n) is 14.5. The predicted molar refractivity (Wildman–Crippen MR) is 99.0 cm³/mol. The highest BCUT2D eigenvalue weighted by molar-refractivity contribution is 7.90. The fourth-order valence-electron chi connectivity index (χ4n) is 2.71. The van der Waals surface area contributed by atoms with Gasteiger partial charge in [0, 0.05) is 23.1 Å². The quantitative estimate of drug-likeness (QED) is 0.725. The van der Waals surface area contributed by atoms with Crippen molar-refractivity contribution < 1.29 is 13.2 Å². The van der Waals surface area contributed by atoms with Crippen LogP contribution >= 0.6 is 0 Å². The number of nitrogens with one attached hydrogen (secondary N) is 1. The molecule has 0 bridgehead atoms. The lowest BCUT2D eigenvalue weighted by atomic mass is 10.1. The molecule has 0 radical (unpaired) electrons. The highest BCUT2D eigenvalue weighted by Crippen LogP contribution is 2.36. The molecule has 0 unspecified atom stereocenters. The first-order valence-corrected chi connectivity index (χ1v) is 10.3. The van der Waals surface area contributed by atoms with Crippen LogP contribution < -0.4 is 5.32 Å². The third-order valence-corrected chi connectivity index (χ3v) is 5.46. The number of carbonyl (C=O) groups excluding carboxylic acids is 1. The first-order valence-electron chi connectivity index (χ1n) is 8.41. The van der Waals surface area contributed by atoms with Gasteiger partial charge in [-0.15, -0.1) is 5.10 Å². The van der Waals surface area contributed by atoms with Crippen molar-refractivity contribution in [1.82, 2.24) is 20.2 Å². The molecule has 1 amide bonds. The Morgan fingerprint density at radius 1 is 1.07 bits per heavy atom. The van der Waals surface area contributed by atoms with Gasteiger partial charge in [0.05, 0.1) is 10.9 Å². The minimum atomic E-state index is -3.29.